The Morgan fingerprint density at radius 2 is 0.500 bits per heavy atom. The smallest absolute Gasteiger partial charge is 0.200 e. The predicted molar refractivity (Wildman–Crippen MR) is 145 cm³/mol. The van der Waals surface area contributed by atoms with Gasteiger partial charge in [0.25, 0.3) is 0 Å². The van der Waals surface area contributed by atoms with Crippen molar-refractivity contribution in [1.29, 1.82) is 0 Å². The van der Waals surface area contributed by atoms with E-state index in [0.29, 0.717) is 12.5 Å². The van der Waals surface area contributed by atoms with Gasteiger partial charge >= 0.3 is 0 Å². The monoisotopic (exact) mass is 820 g/mol. The van der Waals surface area contributed by atoms with Crippen LogP contribution in [0.5, 0.6) is 0 Å². The molecule has 0 N–H and O–H groups in total. The van der Waals surface area contributed by atoms with Crippen LogP contribution in [0.1, 0.15) is 0 Å². The molecule has 0 saturated heterocycles. The summed E-state index contributed by atoms with van der Waals surface area (Å²) in [6.07, 6.45) is -3.18. The first-order valence-electron chi connectivity index (χ1n) is 13.0. The average Bonchev–Trinajstić information content (AvgIpc) is 3.10. The van der Waals surface area contributed by atoms with Crippen molar-refractivity contribution < 1.29 is 92.0 Å². The molecule has 0 radical (unpaired) electrons. The molecule has 4 rings (SSSR count). The molecule has 0 bridgehead atoms. The van der Waals surface area contributed by atoms with Crippen LogP contribution in [0, 0.1) is 116 Å². The fourth-order valence-electron chi connectivity index (χ4n) is 5.07. The lowest BCUT2D eigenvalue weighted by Crippen LogP contribution is -2.81. The van der Waals surface area contributed by atoms with Crippen LogP contribution in [0.15, 0.2) is 0 Å². The van der Waals surface area contributed by atoms with Gasteiger partial charge in [-0.2, -0.15) is 4.18 Å². The summed E-state index contributed by atoms with van der Waals surface area (Å²) in [5.74, 6) is -70.8. The molecule has 0 amide bonds. The number of benzene rings is 4. The Labute approximate surface area is 284 Å². The van der Waals surface area contributed by atoms with Crippen molar-refractivity contribution in [1.82, 2.24) is 0 Å². The SMILES string of the molecule is C[S+](C)OCCCl.Fc1c(F)c(F)c([B-](c2c(F)c(F)c(F)c(F)c2F)(c2c(F)c(F)c(F)c(F)c2F)c2c(F)c(F)c(F)c(F)c2F)c(F)c1F. The summed E-state index contributed by atoms with van der Waals surface area (Å²) in [6.45, 7) is 0.678. The Kier molecular flexibility index (Phi) is 12.8. The van der Waals surface area contributed by atoms with E-state index < -0.39 is 144 Å². The molecule has 4 aromatic rings. The van der Waals surface area contributed by atoms with Crippen molar-refractivity contribution in [3.05, 3.63) is 116 Å². The molecule has 52 heavy (non-hydrogen) atoms. The van der Waals surface area contributed by atoms with Gasteiger partial charge in [-0.25, -0.2) is 87.8 Å². The van der Waals surface area contributed by atoms with Crippen molar-refractivity contribution in [2.45, 2.75) is 0 Å². The van der Waals surface area contributed by atoms with Crippen LogP contribution in [0.25, 0.3) is 0 Å². The quantitative estimate of drug-likeness (QED) is 0.0494. The van der Waals surface area contributed by atoms with E-state index >= 15 is 35.1 Å². The first kappa shape index (κ1) is 42.6. The van der Waals surface area contributed by atoms with Crippen LogP contribution in [0.4, 0.5) is 87.8 Å². The molecule has 0 unspecified atom stereocenters. The summed E-state index contributed by atoms with van der Waals surface area (Å²) in [7, 11) is 0. The molecule has 0 heterocycles. The molecule has 0 saturated carbocycles. The van der Waals surface area contributed by atoms with Gasteiger partial charge in [0.2, 0.25) is 0 Å². The molecule has 0 fully saturated rings. The lowest BCUT2D eigenvalue weighted by atomic mass is 9.12. The molecular weight excluding hydrogens is 811 g/mol. The Bertz CT molecular complexity index is 1700. The minimum absolute atomic E-state index is 0.100. The van der Waals surface area contributed by atoms with Gasteiger partial charge in [-0.1, -0.05) is 0 Å². The Morgan fingerprint density at radius 1 is 0.346 bits per heavy atom. The summed E-state index contributed by atoms with van der Waals surface area (Å²) in [6, 6.07) is 0. The third-order valence-electron chi connectivity index (χ3n) is 7.10. The molecule has 0 aliphatic carbocycles. The maximum absolute atomic E-state index is 15.4. The fourth-order valence-corrected chi connectivity index (χ4v) is 5.66. The summed E-state index contributed by atoms with van der Waals surface area (Å²) in [4.78, 5) is 0. The van der Waals surface area contributed by atoms with Gasteiger partial charge in [-0.3, -0.25) is 0 Å². The molecule has 24 heteroatoms. The van der Waals surface area contributed by atoms with E-state index in [-0.39, 0.29) is 11.2 Å². The summed E-state index contributed by atoms with van der Waals surface area (Å²) >= 11 is 5.43. The Hall–Kier alpha value is -3.86. The second-order valence-corrected chi connectivity index (χ2v) is 12.1. The summed E-state index contributed by atoms with van der Waals surface area (Å²) in [5, 5.41) is 0. The van der Waals surface area contributed by atoms with Crippen LogP contribution in [-0.4, -0.2) is 31.1 Å². The molecule has 0 spiro atoms. The highest BCUT2D eigenvalue weighted by molar-refractivity contribution is 7.90. The zero-order valence-electron chi connectivity index (χ0n) is 24.7. The number of rotatable bonds is 7. The zero-order chi connectivity index (χ0) is 40.1. The third-order valence-corrected chi connectivity index (χ3v) is 7.90. The number of halogens is 21. The zero-order valence-corrected chi connectivity index (χ0v) is 26.3. The molecule has 0 aliphatic heterocycles. The van der Waals surface area contributed by atoms with Crippen LogP contribution in [0.2, 0.25) is 0 Å². The van der Waals surface area contributed by atoms with E-state index in [0.717, 1.165) is 0 Å². The van der Waals surface area contributed by atoms with Crippen LogP contribution >= 0.6 is 11.6 Å². The van der Waals surface area contributed by atoms with Gasteiger partial charge in [-0.15, -0.1) is 33.5 Å². The summed E-state index contributed by atoms with van der Waals surface area (Å²) < 4.78 is 299. The first-order chi connectivity index (χ1) is 24.0. The topological polar surface area (TPSA) is 9.23 Å². The second-order valence-electron chi connectivity index (χ2n) is 10.1. The average molecular weight is 821 g/mol. The standard InChI is InChI=1S/C24BF20.C4H10ClOS/c26-5-1(6(27)14(35)21(42)13(5)34)25(2-7(28)15(36)22(43)16(37)8(2)29,3-9(30)17(38)23(44)18(39)10(3)31)4-11(32)19(40)24(45)20(41)12(4)33;1-7(2)6-4-3-5/h;3-4H2,1-2H3/q-1;+1. The minimum Gasteiger partial charge on any atom is -0.207 e. The maximum Gasteiger partial charge on any atom is 0.200 e. The van der Waals surface area contributed by atoms with Gasteiger partial charge in [0.1, 0.15) is 83.0 Å². The van der Waals surface area contributed by atoms with Gasteiger partial charge < -0.3 is 0 Å². The number of hydrogen-bond acceptors (Lipinski definition) is 1. The first-order valence-corrected chi connectivity index (χ1v) is 15.5. The third kappa shape index (κ3) is 6.52. The van der Waals surface area contributed by atoms with Gasteiger partial charge in [0, 0.05) is 0 Å². The van der Waals surface area contributed by atoms with Gasteiger partial charge in [0.15, 0.2) is 69.8 Å². The van der Waals surface area contributed by atoms with E-state index in [9.17, 15) is 52.7 Å². The molecule has 4 aromatic carbocycles. The fraction of sp³-hybridized carbons (Fsp3) is 0.143. The molecular formula is C28H10BClF20OS. The Balaban J connectivity index is 0.000000944. The highest BCUT2D eigenvalue weighted by atomic mass is 35.5. The maximum atomic E-state index is 15.4. The van der Waals surface area contributed by atoms with Crippen molar-refractivity contribution in [2.24, 2.45) is 0 Å². The highest BCUT2D eigenvalue weighted by Crippen LogP contribution is 2.30. The predicted octanol–water partition coefficient (Wildman–Crippen LogP) is 6.88. The minimum atomic E-state index is -7.22. The van der Waals surface area contributed by atoms with Gasteiger partial charge in [-0.05, 0) is 0 Å². The van der Waals surface area contributed by atoms with Crippen molar-refractivity contribution in [3.8, 4) is 0 Å². The molecule has 284 valence electrons. The second kappa shape index (κ2) is 15.6. The number of alkyl halides is 1. The molecule has 0 aliphatic rings. The van der Waals surface area contributed by atoms with E-state index in [1.54, 1.807) is 0 Å². The van der Waals surface area contributed by atoms with Crippen molar-refractivity contribution in [3.63, 3.8) is 0 Å². The normalized spacial score (nSPS) is 11.8. The summed E-state index contributed by atoms with van der Waals surface area (Å²) in [5.41, 5.74) is -14.3. The van der Waals surface area contributed by atoms with Crippen molar-refractivity contribution in [2.75, 3.05) is 25.0 Å². The lowest BCUT2D eigenvalue weighted by Gasteiger charge is -2.44. The number of hydrogen-bond donors (Lipinski definition) is 0. The lowest BCUT2D eigenvalue weighted by molar-refractivity contribution is 0.378. The van der Waals surface area contributed by atoms with Crippen LogP contribution in [0.3, 0.4) is 0 Å². The van der Waals surface area contributed by atoms with E-state index in [2.05, 4.69) is 0 Å². The van der Waals surface area contributed by atoms with Gasteiger partial charge in [0.05, 0.1) is 5.88 Å². The van der Waals surface area contributed by atoms with E-state index in [4.69, 9.17) is 15.8 Å². The van der Waals surface area contributed by atoms with Crippen molar-refractivity contribution >= 4 is 50.8 Å². The highest BCUT2D eigenvalue weighted by Gasteiger charge is 2.52. The molecule has 1 nitrogen and oxygen atoms in total. The Morgan fingerprint density at radius 3 is 0.615 bits per heavy atom. The van der Waals surface area contributed by atoms with Crippen LogP contribution < -0.4 is 21.9 Å². The largest absolute Gasteiger partial charge is 0.207 e. The molecule has 0 aromatic heterocycles. The van der Waals surface area contributed by atoms with Crippen LogP contribution in [-0.2, 0) is 15.4 Å². The van der Waals surface area contributed by atoms with E-state index in [1.165, 1.54) is 0 Å². The van der Waals surface area contributed by atoms with E-state index in [1.807, 2.05) is 12.5 Å². The molecule has 0 atom stereocenters.